The van der Waals surface area contributed by atoms with E-state index in [0.717, 1.165) is 0 Å². The molecule has 0 aliphatic carbocycles. The monoisotopic (exact) mass is 179 g/mol. The third-order valence-corrected chi connectivity index (χ3v) is 1.75. The van der Waals surface area contributed by atoms with Crippen molar-refractivity contribution < 1.29 is 9.13 Å². The largest absolute Gasteiger partial charge is 0.497 e. The smallest absolute Gasteiger partial charge is 0.218 e. The van der Waals surface area contributed by atoms with Gasteiger partial charge >= 0.3 is 0 Å². The SMILES string of the molecule is [C-]#[N+]CCc1ccc(OC)cc1F. The molecule has 1 rings (SSSR count). The van der Waals surface area contributed by atoms with Crippen LogP contribution >= 0.6 is 0 Å². The van der Waals surface area contributed by atoms with Gasteiger partial charge < -0.3 is 9.58 Å². The molecule has 0 saturated heterocycles. The number of hydrogen-bond donors (Lipinski definition) is 0. The Morgan fingerprint density at radius 2 is 2.31 bits per heavy atom. The Morgan fingerprint density at radius 3 is 2.85 bits per heavy atom. The molecule has 1 aromatic rings. The molecule has 0 unspecified atom stereocenters. The van der Waals surface area contributed by atoms with Crippen molar-refractivity contribution in [2.45, 2.75) is 6.42 Å². The summed E-state index contributed by atoms with van der Waals surface area (Å²) < 4.78 is 18.0. The standard InChI is InChI=1S/C10H10FNO/c1-12-6-5-8-3-4-9(13-2)7-10(8)11/h3-4,7H,5-6H2,2H3. The molecule has 0 aliphatic rings. The summed E-state index contributed by atoms with van der Waals surface area (Å²) in [6.45, 7) is 6.90. The summed E-state index contributed by atoms with van der Waals surface area (Å²) in [7, 11) is 1.49. The normalized spacial score (nSPS) is 9.31. The topological polar surface area (TPSA) is 13.6 Å². The van der Waals surface area contributed by atoms with Gasteiger partial charge in [-0.3, -0.25) is 0 Å². The summed E-state index contributed by atoms with van der Waals surface area (Å²) in [6, 6.07) is 4.68. The van der Waals surface area contributed by atoms with Crippen LogP contribution in [0.1, 0.15) is 5.56 Å². The van der Waals surface area contributed by atoms with E-state index in [1.165, 1.54) is 13.2 Å². The van der Waals surface area contributed by atoms with Crippen LogP contribution < -0.4 is 4.74 Å². The second kappa shape index (κ2) is 4.46. The molecule has 0 aromatic heterocycles. The summed E-state index contributed by atoms with van der Waals surface area (Å²) in [5.41, 5.74) is 0.566. The number of methoxy groups -OCH3 is 1. The number of benzene rings is 1. The van der Waals surface area contributed by atoms with Gasteiger partial charge in [-0.15, -0.1) is 0 Å². The number of nitrogens with zero attached hydrogens (tertiary/aromatic N) is 1. The highest BCUT2D eigenvalue weighted by Gasteiger charge is 2.04. The van der Waals surface area contributed by atoms with Crippen molar-refractivity contribution in [3.8, 4) is 5.75 Å². The maximum absolute atomic E-state index is 13.2. The third-order valence-electron chi connectivity index (χ3n) is 1.75. The molecule has 2 nitrogen and oxygen atoms in total. The fraction of sp³-hybridized carbons (Fsp3) is 0.300. The van der Waals surface area contributed by atoms with Crippen molar-refractivity contribution in [2.75, 3.05) is 13.7 Å². The lowest BCUT2D eigenvalue weighted by molar-refractivity contribution is 0.410. The second-order valence-corrected chi connectivity index (χ2v) is 2.59. The van der Waals surface area contributed by atoms with E-state index in [4.69, 9.17) is 11.3 Å². The lowest BCUT2D eigenvalue weighted by atomic mass is 10.1. The van der Waals surface area contributed by atoms with Crippen molar-refractivity contribution in [2.24, 2.45) is 0 Å². The summed E-state index contributed by atoms with van der Waals surface area (Å²) in [6.07, 6.45) is 0.458. The lowest BCUT2D eigenvalue weighted by Crippen LogP contribution is -1.93. The summed E-state index contributed by atoms with van der Waals surface area (Å²) in [5.74, 6) is 0.201. The van der Waals surface area contributed by atoms with Gasteiger partial charge in [-0.25, -0.2) is 11.0 Å². The molecule has 0 aliphatic heterocycles. The van der Waals surface area contributed by atoms with Crippen LogP contribution in [0.15, 0.2) is 18.2 Å². The molecule has 68 valence electrons. The molecule has 1 aromatic carbocycles. The zero-order chi connectivity index (χ0) is 9.68. The highest BCUT2D eigenvalue weighted by atomic mass is 19.1. The molecule has 0 bridgehead atoms. The van der Waals surface area contributed by atoms with E-state index >= 15 is 0 Å². The van der Waals surface area contributed by atoms with Gasteiger partial charge in [-0.05, 0) is 11.6 Å². The molecular formula is C10H10FNO. The molecule has 13 heavy (non-hydrogen) atoms. The van der Waals surface area contributed by atoms with Gasteiger partial charge in [-0.1, -0.05) is 6.07 Å². The van der Waals surface area contributed by atoms with Gasteiger partial charge in [0.05, 0.1) is 7.11 Å². The van der Waals surface area contributed by atoms with Crippen molar-refractivity contribution in [3.63, 3.8) is 0 Å². The first kappa shape index (κ1) is 9.53. The zero-order valence-corrected chi connectivity index (χ0v) is 7.38. The summed E-state index contributed by atoms with van der Waals surface area (Å²) in [5, 5.41) is 0. The molecule has 0 radical (unpaired) electrons. The Bertz CT molecular complexity index is 330. The number of rotatable bonds is 3. The van der Waals surface area contributed by atoms with Crippen LogP contribution in [0, 0.1) is 12.4 Å². The van der Waals surface area contributed by atoms with Gasteiger partial charge in [0, 0.05) is 12.5 Å². The Kier molecular flexibility index (Phi) is 3.27. The minimum absolute atomic E-state index is 0.303. The summed E-state index contributed by atoms with van der Waals surface area (Å²) >= 11 is 0. The van der Waals surface area contributed by atoms with E-state index in [1.807, 2.05) is 0 Å². The lowest BCUT2D eigenvalue weighted by Gasteiger charge is -2.02. The predicted octanol–water partition coefficient (Wildman–Crippen LogP) is 2.30. The second-order valence-electron chi connectivity index (χ2n) is 2.59. The molecule has 0 atom stereocenters. The first-order valence-corrected chi connectivity index (χ1v) is 3.93. The molecule has 0 fully saturated rings. The number of hydrogen-bond acceptors (Lipinski definition) is 1. The minimum atomic E-state index is -0.303. The molecule has 0 heterocycles. The molecule has 0 N–H and O–H groups in total. The van der Waals surface area contributed by atoms with Crippen LogP contribution in [0.25, 0.3) is 4.85 Å². The van der Waals surface area contributed by atoms with E-state index in [2.05, 4.69) is 4.85 Å². The van der Waals surface area contributed by atoms with E-state index in [-0.39, 0.29) is 5.82 Å². The Hall–Kier alpha value is -1.56. The average Bonchev–Trinajstić information content (AvgIpc) is 2.16. The van der Waals surface area contributed by atoms with Crippen molar-refractivity contribution in [3.05, 3.63) is 41.0 Å². The zero-order valence-electron chi connectivity index (χ0n) is 7.38. The maximum atomic E-state index is 13.2. The van der Waals surface area contributed by atoms with Gasteiger partial charge in [0.25, 0.3) is 0 Å². The van der Waals surface area contributed by atoms with Crippen LogP contribution in [-0.4, -0.2) is 13.7 Å². The van der Waals surface area contributed by atoms with E-state index < -0.39 is 0 Å². The van der Waals surface area contributed by atoms with Gasteiger partial charge in [0.2, 0.25) is 6.54 Å². The molecule has 0 spiro atoms. The first-order valence-electron chi connectivity index (χ1n) is 3.93. The Morgan fingerprint density at radius 1 is 1.54 bits per heavy atom. The molecular weight excluding hydrogens is 169 g/mol. The first-order chi connectivity index (χ1) is 6.27. The van der Waals surface area contributed by atoms with Crippen LogP contribution in [0.3, 0.4) is 0 Å². The highest BCUT2D eigenvalue weighted by Crippen LogP contribution is 2.16. The Balaban J connectivity index is 2.80. The number of halogens is 1. The average molecular weight is 179 g/mol. The quantitative estimate of drug-likeness (QED) is 0.649. The molecule has 0 saturated carbocycles. The van der Waals surface area contributed by atoms with E-state index in [1.54, 1.807) is 12.1 Å². The fourth-order valence-electron chi connectivity index (χ4n) is 1.03. The fourth-order valence-corrected chi connectivity index (χ4v) is 1.03. The van der Waals surface area contributed by atoms with Crippen molar-refractivity contribution in [1.82, 2.24) is 0 Å². The van der Waals surface area contributed by atoms with Crippen molar-refractivity contribution in [1.29, 1.82) is 0 Å². The maximum Gasteiger partial charge on any atom is 0.218 e. The summed E-state index contributed by atoms with van der Waals surface area (Å²) in [4.78, 5) is 3.17. The molecule has 0 amide bonds. The Labute approximate surface area is 76.8 Å². The predicted molar refractivity (Wildman–Crippen MR) is 48.1 cm³/mol. The van der Waals surface area contributed by atoms with Crippen LogP contribution in [0.4, 0.5) is 4.39 Å². The third kappa shape index (κ3) is 2.45. The van der Waals surface area contributed by atoms with Crippen LogP contribution in [-0.2, 0) is 6.42 Å². The molecule has 3 heteroatoms. The highest BCUT2D eigenvalue weighted by molar-refractivity contribution is 5.29. The minimum Gasteiger partial charge on any atom is -0.497 e. The van der Waals surface area contributed by atoms with Gasteiger partial charge in [0.15, 0.2) is 0 Å². The van der Waals surface area contributed by atoms with Crippen molar-refractivity contribution >= 4 is 0 Å². The van der Waals surface area contributed by atoms with Crippen LogP contribution in [0.5, 0.6) is 5.75 Å². The van der Waals surface area contributed by atoms with Gasteiger partial charge in [-0.2, -0.15) is 0 Å². The van der Waals surface area contributed by atoms with Gasteiger partial charge in [0.1, 0.15) is 11.6 Å². The van der Waals surface area contributed by atoms with E-state index in [0.29, 0.717) is 24.3 Å². The van der Waals surface area contributed by atoms with Crippen LogP contribution in [0.2, 0.25) is 0 Å². The van der Waals surface area contributed by atoms with E-state index in [9.17, 15) is 4.39 Å². The number of ether oxygens (including phenoxy) is 1.